The van der Waals surface area contributed by atoms with E-state index in [0.717, 1.165) is 17.1 Å². The molecule has 2 rings (SSSR count). The monoisotopic (exact) mass is 353 g/mol. The average molecular weight is 353 g/mol. The highest BCUT2D eigenvalue weighted by atomic mass is 32.2. The van der Waals surface area contributed by atoms with Gasteiger partial charge in [-0.2, -0.15) is 0 Å². The summed E-state index contributed by atoms with van der Waals surface area (Å²) in [4.78, 5) is 10.4. The summed E-state index contributed by atoms with van der Waals surface area (Å²) < 4.78 is 27.6. The minimum Gasteiger partial charge on any atom is -0.359 e. The van der Waals surface area contributed by atoms with Crippen molar-refractivity contribution in [1.82, 2.24) is 14.9 Å². The number of aromatic nitrogens is 2. The predicted molar refractivity (Wildman–Crippen MR) is 91.1 cm³/mol. The zero-order valence-electron chi connectivity index (χ0n) is 13.0. The summed E-state index contributed by atoms with van der Waals surface area (Å²) in [6, 6.07) is 9.65. The molecular weight excluding hydrogens is 334 g/mol. The lowest BCUT2D eigenvalue weighted by Crippen LogP contribution is -2.11. The number of sulfone groups is 1. The molecular formula is C15H19N3O3S2. The number of amides is 1. The van der Waals surface area contributed by atoms with Gasteiger partial charge in [-0.05, 0) is 17.1 Å². The molecule has 23 heavy (non-hydrogen) atoms. The van der Waals surface area contributed by atoms with Gasteiger partial charge in [0.1, 0.15) is 0 Å². The lowest BCUT2D eigenvalue weighted by Gasteiger charge is -2.01. The van der Waals surface area contributed by atoms with Gasteiger partial charge in [0, 0.05) is 20.4 Å². The van der Waals surface area contributed by atoms with Crippen molar-refractivity contribution in [1.29, 1.82) is 0 Å². The second kappa shape index (κ2) is 9.16. The summed E-state index contributed by atoms with van der Waals surface area (Å²) in [5.74, 6) is -0.106. The third-order valence-electron chi connectivity index (χ3n) is 2.71. The molecule has 0 aliphatic carbocycles. The molecule has 0 atom stereocenters. The first-order valence-electron chi connectivity index (χ1n) is 6.77. The molecule has 0 saturated heterocycles. The van der Waals surface area contributed by atoms with E-state index >= 15 is 0 Å². The van der Waals surface area contributed by atoms with Crippen molar-refractivity contribution in [2.75, 3.05) is 12.8 Å². The first kappa shape index (κ1) is 19.0. The van der Waals surface area contributed by atoms with Gasteiger partial charge in [0.25, 0.3) is 0 Å². The fraction of sp³-hybridized carbons (Fsp3) is 0.267. The van der Waals surface area contributed by atoms with Crippen LogP contribution in [0, 0.1) is 0 Å². The van der Waals surface area contributed by atoms with Crippen LogP contribution in [0.5, 0.6) is 0 Å². The van der Waals surface area contributed by atoms with Gasteiger partial charge in [-0.1, -0.05) is 40.9 Å². The number of hydrogen-bond acceptors (Lipinski definition) is 6. The van der Waals surface area contributed by atoms with Gasteiger partial charge in [0.15, 0.2) is 5.03 Å². The standard InChI is InChI=1S/C12H12N2O2S2.C3H7NO/c1-2-8-18(15,16)12-11(17-14-13-12)9-10-6-4-3-5-7-10;1-3(5)4-2/h2-7H,1,8-9H2;1-2H3,(H,4,5). The van der Waals surface area contributed by atoms with Crippen LogP contribution in [-0.2, 0) is 21.1 Å². The molecule has 0 saturated carbocycles. The minimum atomic E-state index is -3.40. The number of rotatable bonds is 5. The highest BCUT2D eigenvalue weighted by Crippen LogP contribution is 2.21. The van der Waals surface area contributed by atoms with Crippen molar-refractivity contribution in [3.63, 3.8) is 0 Å². The molecule has 0 radical (unpaired) electrons. The van der Waals surface area contributed by atoms with E-state index in [9.17, 15) is 13.2 Å². The number of hydrogen-bond donors (Lipinski definition) is 1. The summed E-state index contributed by atoms with van der Waals surface area (Å²) in [7, 11) is -1.80. The molecule has 1 heterocycles. The lowest BCUT2D eigenvalue weighted by atomic mass is 10.1. The number of carbonyl (C=O) groups excluding carboxylic acids is 1. The number of carbonyl (C=O) groups is 1. The fourth-order valence-electron chi connectivity index (χ4n) is 1.56. The third-order valence-corrected chi connectivity index (χ3v) is 5.15. The largest absolute Gasteiger partial charge is 0.359 e. The van der Waals surface area contributed by atoms with Gasteiger partial charge in [-0.15, -0.1) is 11.7 Å². The highest BCUT2D eigenvalue weighted by molar-refractivity contribution is 7.91. The maximum absolute atomic E-state index is 11.9. The van der Waals surface area contributed by atoms with Crippen molar-refractivity contribution in [3.05, 3.63) is 53.4 Å². The number of nitrogens with one attached hydrogen (secondary N) is 1. The summed E-state index contributed by atoms with van der Waals surface area (Å²) in [5, 5.41) is 6.20. The van der Waals surface area contributed by atoms with Crippen LogP contribution in [0.2, 0.25) is 0 Å². The van der Waals surface area contributed by atoms with Gasteiger partial charge in [-0.25, -0.2) is 8.42 Å². The first-order chi connectivity index (χ1) is 10.9. The normalized spacial score (nSPS) is 10.3. The van der Waals surface area contributed by atoms with Crippen LogP contribution in [0.3, 0.4) is 0 Å². The molecule has 1 N–H and O–H groups in total. The van der Waals surface area contributed by atoms with E-state index in [4.69, 9.17) is 0 Å². The number of nitrogens with zero attached hydrogens (tertiary/aromatic N) is 2. The summed E-state index contributed by atoms with van der Waals surface area (Å²) in [5.41, 5.74) is 1.04. The Balaban J connectivity index is 0.000000463. The van der Waals surface area contributed by atoms with Gasteiger partial charge in [0.2, 0.25) is 15.7 Å². The summed E-state index contributed by atoms with van der Waals surface area (Å²) in [6.45, 7) is 4.92. The Morgan fingerprint density at radius 2 is 1.96 bits per heavy atom. The lowest BCUT2D eigenvalue weighted by molar-refractivity contribution is -0.118. The van der Waals surface area contributed by atoms with Gasteiger partial charge < -0.3 is 5.32 Å². The van der Waals surface area contributed by atoms with E-state index in [1.807, 2.05) is 30.3 Å². The van der Waals surface area contributed by atoms with Gasteiger partial charge in [-0.3, -0.25) is 4.79 Å². The molecule has 0 unspecified atom stereocenters. The van der Waals surface area contributed by atoms with Crippen molar-refractivity contribution in [2.45, 2.75) is 18.4 Å². The zero-order chi connectivity index (χ0) is 17.3. The van der Waals surface area contributed by atoms with E-state index in [2.05, 4.69) is 21.5 Å². The topological polar surface area (TPSA) is 89.0 Å². The van der Waals surface area contributed by atoms with E-state index in [1.54, 1.807) is 7.05 Å². The quantitative estimate of drug-likeness (QED) is 0.829. The van der Waals surface area contributed by atoms with E-state index in [-0.39, 0.29) is 16.7 Å². The third kappa shape index (κ3) is 6.29. The van der Waals surface area contributed by atoms with E-state index < -0.39 is 9.84 Å². The molecule has 8 heteroatoms. The second-order valence-electron chi connectivity index (χ2n) is 4.54. The van der Waals surface area contributed by atoms with Crippen LogP contribution in [0.25, 0.3) is 0 Å². The zero-order valence-corrected chi connectivity index (χ0v) is 14.7. The summed E-state index contributed by atoms with van der Waals surface area (Å²) in [6.07, 6.45) is 1.89. The van der Waals surface area contributed by atoms with Crippen LogP contribution < -0.4 is 5.32 Å². The van der Waals surface area contributed by atoms with Gasteiger partial charge in [0.05, 0.1) is 10.6 Å². The maximum Gasteiger partial charge on any atom is 0.216 e. The molecule has 1 aromatic heterocycles. The Morgan fingerprint density at radius 3 is 2.48 bits per heavy atom. The first-order valence-corrected chi connectivity index (χ1v) is 9.20. The molecule has 124 valence electrons. The SMILES string of the molecule is C=CCS(=O)(=O)c1nnsc1Cc1ccccc1.CNC(C)=O. The summed E-state index contributed by atoms with van der Waals surface area (Å²) >= 11 is 1.12. The van der Waals surface area contributed by atoms with E-state index in [1.165, 1.54) is 13.0 Å². The molecule has 0 fully saturated rings. The van der Waals surface area contributed by atoms with Crippen LogP contribution in [0.4, 0.5) is 0 Å². The predicted octanol–water partition coefficient (Wildman–Crippen LogP) is 1.84. The van der Waals surface area contributed by atoms with Crippen molar-refractivity contribution in [3.8, 4) is 0 Å². The second-order valence-corrected chi connectivity index (χ2v) is 7.33. The maximum atomic E-state index is 11.9. The molecule has 1 amide bonds. The van der Waals surface area contributed by atoms with Gasteiger partial charge >= 0.3 is 0 Å². The van der Waals surface area contributed by atoms with Crippen LogP contribution in [-0.4, -0.2) is 36.7 Å². The Kier molecular flexibility index (Phi) is 7.56. The number of benzene rings is 1. The molecule has 6 nitrogen and oxygen atoms in total. The van der Waals surface area contributed by atoms with Crippen molar-refractivity contribution >= 4 is 27.3 Å². The molecule has 0 spiro atoms. The Labute approximate surface area is 140 Å². The molecule has 1 aromatic carbocycles. The molecule has 0 bridgehead atoms. The minimum absolute atomic E-state index is 0.00463. The Bertz CT molecular complexity index is 740. The van der Waals surface area contributed by atoms with Crippen LogP contribution in [0.15, 0.2) is 48.0 Å². The average Bonchev–Trinajstić information content (AvgIpc) is 2.98. The smallest absolute Gasteiger partial charge is 0.216 e. The van der Waals surface area contributed by atoms with E-state index in [0.29, 0.717) is 11.3 Å². The fourth-order valence-corrected chi connectivity index (χ4v) is 3.73. The molecule has 2 aromatic rings. The Hall–Kier alpha value is -2.06. The van der Waals surface area contributed by atoms with Crippen molar-refractivity contribution in [2.24, 2.45) is 0 Å². The highest BCUT2D eigenvalue weighted by Gasteiger charge is 2.21. The molecule has 0 aliphatic rings. The molecule has 0 aliphatic heterocycles. The van der Waals surface area contributed by atoms with Crippen LogP contribution in [0.1, 0.15) is 17.4 Å². The van der Waals surface area contributed by atoms with Crippen molar-refractivity contribution < 1.29 is 13.2 Å². The van der Waals surface area contributed by atoms with Crippen LogP contribution >= 0.6 is 11.5 Å². The Morgan fingerprint density at radius 1 is 1.35 bits per heavy atom.